The molecular formula is C12H19N3O2. The molecule has 0 saturated heterocycles. The van der Waals surface area contributed by atoms with Crippen molar-refractivity contribution in [3.05, 3.63) is 11.6 Å². The van der Waals surface area contributed by atoms with E-state index in [1.54, 1.807) is 0 Å². The average Bonchev–Trinajstić information content (AvgIpc) is 2.88. The van der Waals surface area contributed by atoms with Crippen LogP contribution in [-0.2, 0) is 11.3 Å². The van der Waals surface area contributed by atoms with Crippen molar-refractivity contribution in [2.75, 3.05) is 0 Å². The van der Waals surface area contributed by atoms with Crippen LogP contribution in [0.15, 0.2) is 0 Å². The van der Waals surface area contributed by atoms with E-state index in [1.165, 1.54) is 25.7 Å². The normalized spacial score (nSPS) is 16.5. The first kappa shape index (κ1) is 12.1. The molecule has 1 heterocycles. The van der Waals surface area contributed by atoms with Crippen molar-refractivity contribution in [2.45, 2.75) is 57.9 Å². The third-order valence-corrected chi connectivity index (χ3v) is 3.46. The zero-order valence-electron chi connectivity index (χ0n) is 10.2. The Hall–Kier alpha value is -1.39. The van der Waals surface area contributed by atoms with Crippen molar-refractivity contribution in [1.29, 1.82) is 0 Å². The summed E-state index contributed by atoms with van der Waals surface area (Å²) in [4.78, 5) is 10.5. The summed E-state index contributed by atoms with van der Waals surface area (Å²) < 4.78 is 2.10. The van der Waals surface area contributed by atoms with E-state index < -0.39 is 5.97 Å². The fraction of sp³-hybridized carbons (Fsp3) is 0.750. The van der Waals surface area contributed by atoms with E-state index in [2.05, 4.69) is 14.8 Å². The van der Waals surface area contributed by atoms with Crippen molar-refractivity contribution in [2.24, 2.45) is 0 Å². The molecule has 5 heteroatoms. The van der Waals surface area contributed by atoms with Crippen LogP contribution >= 0.6 is 0 Å². The molecule has 0 radical (unpaired) electrons. The van der Waals surface area contributed by atoms with Gasteiger partial charge in [0.15, 0.2) is 0 Å². The first-order valence-corrected chi connectivity index (χ1v) is 6.30. The van der Waals surface area contributed by atoms with E-state index in [0.717, 1.165) is 18.2 Å². The number of aryl methyl sites for hydroxylation is 1. The number of carboxylic acids is 1. The van der Waals surface area contributed by atoms with Crippen molar-refractivity contribution >= 4 is 5.97 Å². The largest absolute Gasteiger partial charge is 0.481 e. The van der Waals surface area contributed by atoms with E-state index in [1.807, 2.05) is 6.92 Å². The molecule has 1 aromatic heterocycles. The zero-order valence-corrected chi connectivity index (χ0v) is 10.2. The van der Waals surface area contributed by atoms with Crippen LogP contribution in [0.4, 0.5) is 0 Å². The minimum absolute atomic E-state index is 0.210. The molecule has 5 nitrogen and oxygen atoms in total. The van der Waals surface area contributed by atoms with Crippen molar-refractivity contribution < 1.29 is 9.90 Å². The molecule has 2 rings (SSSR count). The monoisotopic (exact) mass is 237 g/mol. The van der Waals surface area contributed by atoms with Crippen molar-refractivity contribution in [3.8, 4) is 0 Å². The Morgan fingerprint density at radius 3 is 2.76 bits per heavy atom. The number of hydrogen-bond donors (Lipinski definition) is 1. The number of hydrogen-bond acceptors (Lipinski definition) is 3. The Morgan fingerprint density at radius 2 is 2.12 bits per heavy atom. The highest BCUT2D eigenvalue weighted by atomic mass is 16.4. The van der Waals surface area contributed by atoms with Crippen LogP contribution in [0, 0.1) is 6.92 Å². The Morgan fingerprint density at radius 1 is 1.41 bits per heavy atom. The average molecular weight is 237 g/mol. The smallest absolute Gasteiger partial charge is 0.303 e. The molecule has 0 bridgehead atoms. The van der Waals surface area contributed by atoms with Crippen LogP contribution in [0.3, 0.4) is 0 Å². The highest BCUT2D eigenvalue weighted by molar-refractivity contribution is 5.66. The summed E-state index contributed by atoms with van der Waals surface area (Å²) in [5, 5.41) is 17.0. The van der Waals surface area contributed by atoms with E-state index >= 15 is 0 Å². The van der Waals surface area contributed by atoms with Crippen LogP contribution < -0.4 is 0 Å². The lowest BCUT2D eigenvalue weighted by molar-refractivity contribution is -0.137. The molecule has 0 aromatic carbocycles. The maximum Gasteiger partial charge on any atom is 0.303 e. The summed E-state index contributed by atoms with van der Waals surface area (Å²) in [6, 6.07) is 0. The van der Waals surface area contributed by atoms with Gasteiger partial charge in [0.1, 0.15) is 11.6 Å². The van der Waals surface area contributed by atoms with Gasteiger partial charge >= 0.3 is 5.97 Å². The SMILES string of the molecule is Cc1nnc(C2CCCC2)n1CCCC(=O)O. The predicted molar refractivity (Wildman–Crippen MR) is 62.8 cm³/mol. The fourth-order valence-electron chi connectivity index (χ4n) is 2.55. The summed E-state index contributed by atoms with van der Waals surface area (Å²) >= 11 is 0. The highest BCUT2D eigenvalue weighted by Crippen LogP contribution is 2.33. The Balaban J connectivity index is 2.03. The van der Waals surface area contributed by atoms with Gasteiger partial charge in [-0.1, -0.05) is 12.8 Å². The van der Waals surface area contributed by atoms with E-state index in [0.29, 0.717) is 12.3 Å². The molecule has 1 fully saturated rings. The second-order valence-electron chi connectivity index (χ2n) is 4.74. The first-order valence-electron chi connectivity index (χ1n) is 6.30. The summed E-state index contributed by atoms with van der Waals surface area (Å²) in [5.41, 5.74) is 0. The Labute approximate surface area is 101 Å². The minimum Gasteiger partial charge on any atom is -0.481 e. The van der Waals surface area contributed by atoms with Crippen molar-refractivity contribution in [3.63, 3.8) is 0 Å². The van der Waals surface area contributed by atoms with Gasteiger partial charge in [-0.15, -0.1) is 10.2 Å². The van der Waals surface area contributed by atoms with Gasteiger partial charge in [0, 0.05) is 18.9 Å². The molecule has 0 atom stereocenters. The lowest BCUT2D eigenvalue weighted by atomic mass is 10.1. The van der Waals surface area contributed by atoms with Crippen LogP contribution in [-0.4, -0.2) is 25.8 Å². The van der Waals surface area contributed by atoms with Crippen molar-refractivity contribution in [1.82, 2.24) is 14.8 Å². The molecule has 1 N–H and O–H groups in total. The molecule has 0 unspecified atom stereocenters. The molecule has 1 aromatic rings. The molecule has 0 spiro atoms. The number of aromatic nitrogens is 3. The molecule has 17 heavy (non-hydrogen) atoms. The molecule has 1 aliphatic rings. The topological polar surface area (TPSA) is 68.0 Å². The van der Waals surface area contributed by atoms with Crippen LogP contribution in [0.2, 0.25) is 0 Å². The molecule has 1 aliphatic carbocycles. The first-order chi connectivity index (χ1) is 8.18. The van der Waals surface area contributed by atoms with Crippen LogP contribution in [0.5, 0.6) is 0 Å². The molecule has 94 valence electrons. The lowest BCUT2D eigenvalue weighted by Crippen LogP contribution is -2.10. The summed E-state index contributed by atoms with van der Waals surface area (Å²) in [6.07, 6.45) is 5.78. The Bertz CT molecular complexity index is 394. The summed E-state index contributed by atoms with van der Waals surface area (Å²) in [7, 11) is 0. The highest BCUT2D eigenvalue weighted by Gasteiger charge is 2.23. The van der Waals surface area contributed by atoms with E-state index in [4.69, 9.17) is 5.11 Å². The van der Waals surface area contributed by atoms with Gasteiger partial charge in [-0.2, -0.15) is 0 Å². The van der Waals surface area contributed by atoms with Gasteiger partial charge in [0.2, 0.25) is 0 Å². The third kappa shape index (κ3) is 2.84. The number of aliphatic carboxylic acids is 1. The van der Waals surface area contributed by atoms with Gasteiger partial charge in [0.05, 0.1) is 0 Å². The van der Waals surface area contributed by atoms with E-state index in [-0.39, 0.29) is 6.42 Å². The number of carbonyl (C=O) groups is 1. The van der Waals surface area contributed by atoms with Gasteiger partial charge < -0.3 is 9.67 Å². The standard InChI is InChI=1S/C12H19N3O2/c1-9-13-14-12(10-5-2-3-6-10)15(9)8-4-7-11(16)17/h10H,2-8H2,1H3,(H,16,17). The van der Waals surface area contributed by atoms with Gasteiger partial charge in [-0.3, -0.25) is 4.79 Å². The maximum atomic E-state index is 10.5. The second-order valence-corrected chi connectivity index (χ2v) is 4.74. The second kappa shape index (κ2) is 5.29. The predicted octanol–water partition coefficient (Wildman–Crippen LogP) is 2.11. The van der Waals surface area contributed by atoms with Gasteiger partial charge in [-0.25, -0.2) is 0 Å². The maximum absolute atomic E-state index is 10.5. The molecule has 0 amide bonds. The number of carboxylic acid groups (broad SMARTS) is 1. The minimum atomic E-state index is -0.738. The van der Waals surface area contributed by atoms with Gasteiger partial charge in [0.25, 0.3) is 0 Å². The number of nitrogens with zero attached hydrogens (tertiary/aromatic N) is 3. The van der Waals surface area contributed by atoms with Gasteiger partial charge in [-0.05, 0) is 26.2 Å². The quantitative estimate of drug-likeness (QED) is 0.851. The summed E-state index contributed by atoms with van der Waals surface area (Å²) in [6.45, 7) is 2.66. The van der Waals surface area contributed by atoms with Crippen LogP contribution in [0.1, 0.15) is 56.1 Å². The number of rotatable bonds is 5. The molecule has 0 aliphatic heterocycles. The lowest BCUT2D eigenvalue weighted by Gasteiger charge is -2.12. The summed E-state index contributed by atoms with van der Waals surface area (Å²) in [5.74, 6) is 1.75. The fourth-order valence-corrected chi connectivity index (χ4v) is 2.55. The van der Waals surface area contributed by atoms with Crippen LogP contribution in [0.25, 0.3) is 0 Å². The zero-order chi connectivity index (χ0) is 12.3. The Kier molecular flexibility index (Phi) is 3.76. The van der Waals surface area contributed by atoms with E-state index in [9.17, 15) is 4.79 Å². The molecular weight excluding hydrogens is 218 g/mol. The third-order valence-electron chi connectivity index (χ3n) is 3.46. The molecule has 1 saturated carbocycles.